The normalized spacial score (nSPS) is 12.3. The summed E-state index contributed by atoms with van der Waals surface area (Å²) in [6.07, 6.45) is 0. The summed E-state index contributed by atoms with van der Waals surface area (Å²) in [4.78, 5) is 27.3. The highest BCUT2D eigenvalue weighted by Crippen LogP contribution is 2.40. The Bertz CT molecular complexity index is 1580. The van der Waals surface area contributed by atoms with Crippen molar-refractivity contribution in [1.29, 1.82) is 0 Å². The summed E-state index contributed by atoms with van der Waals surface area (Å²) in [6.45, 7) is 12.6. The van der Waals surface area contributed by atoms with Crippen molar-refractivity contribution in [1.82, 2.24) is 0 Å². The number of hydrogen-bond donors (Lipinski definition) is 2. The Kier molecular flexibility index (Phi) is 5.76. The van der Waals surface area contributed by atoms with Crippen LogP contribution in [0.15, 0.2) is 60.7 Å². The Balaban J connectivity index is 1.72. The topological polar surface area (TPSA) is 58.2 Å². The fourth-order valence-electron chi connectivity index (χ4n) is 4.88. The number of ketones is 2. The average Bonchev–Trinajstić information content (AvgIpc) is 2.88. The molecule has 2 N–H and O–H groups in total. The third kappa shape index (κ3) is 3.70. The Morgan fingerprint density at radius 2 is 0.972 bits per heavy atom. The van der Waals surface area contributed by atoms with Gasteiger partial charge in [-0.05, 0) is 99.2 Å². The molecule has 0 saturated heterocycles. The van der Waals surface area contributed by atoms with E-state index in [0.717, 1.165) is 28.2 Å². The van der Waals surface area contributed by atoms with Gasteiger partial charge in [-0.3, -0.25) is 9.59 Å². The highest BCUT2D eigenvalue weighted by Gasteiger charge is 2.33. The number of hydrogen-bond acceptors (Lipinski definition) is 4. The van der Waals surface area contributed by atoms with E-state index in [0.29, 0.717) is 27.9 Å². The van der Waals surface area contributed by atoms with Crippen molar-refractivity contribution in [3.8, 4) is 0 Å². The van der Waals surface area contributed by atoms with Crippen molar-refractivity contribution in [2.45, 2.75) is 41.5 Å². The van der Waals surface area contributed by atoms with Crippen molar-refractivity contribution in [2.75, 3.05) is 10.6 Å². The van der Waals surface area contributed by atoms with Crippen LogP contribution in [0.1, 0.15) is 65.2 Å². The summed E-state index contributed by atoms with van der Waals surface area (Å²) in [6, 6.07) is 19.0. The molecule has 0 fully saturated rings. The Labute approximate surface area is 212 Å². The van der Waals surface area contributed by atoms with Gasteiger partial charge >= 0.3 is 0 Å². The number of fused-ring (bicyclic) bond motifs is 2. The van der Waals surface area contributed by atoms with E-state index in [1.165, 1.54) is 22.3 Å². The first-order valence-electron chi connectivity index (χ1n) is 12.2. The molecule has 5 rings (SSSR count). The van der Waals surface area contributed by atoms with Crippen LogP contribution in [0.4, 0.5) is 22.7 Å². The standard InChI is InChI=1S/C32H30N2O2/c1-17-11-14-26(21(5)19(17)3)33-28-16-13-25-29(32(36)24-10-8-7-9-23(24)31(25)35)30(28)34-27-15-12-18(2)20(4)22(27)6/h7-16,33-34H,1-6H3. The molecule has 0 unspecified atom stereocenters. The van der Waals surface area contributed by atoms with E-state index >= 15 is 0 Å². The molecule has 1 aliphatic carbocycles. The fraction of sp³-hybridized carbons (Fsp3) is 0.188. The molecular formula is C32H30N2O2. The van der Waals surface area contributed by atoms with Crippen LogP contribution < -0.4 is 10.6 Å². The van der Waals surface area contributed by atoms with Crippen LogP contribution in [-0.2, 0) is 0 Å². The third-order valence-corrected chi connectivity index (χ3v) is 7.74. The van der Waals surface area contributed by atoms with Gasteiger partial charge in [-0.25, -0.2) is 0 Å². The molecule has 0 heterocycles. The number of benzene rings is 4. The van der Waals surface area contributed by atoms with E-state index < -0.39 is 0 Å². The number of aryl methyl sites for hydroxylation is 2. The van der Waals surface area contributed by atoms with Crippen LogP contribution in [0.3, 0.4) is 0 Å². The summed E-state index contributed by atoms with van der Waals surface area (Å²) >= 11 is 0. The molecule has 0 spiro atoms. The summed E-state index contributed by atoms with van der Waals surface area (Å²) in [5.41, 5.74) is 12.1. The van der Waals surface area contributed by atoms with Crippen molar-refractivity contribution in [3.63, 3.8) is 0 Å². The van der Waals surface area contributed by atoms with Gasteiger partial charge in [0.15, 0.2) is 11.6 Å². The molecule has 0 aliphatic heterocycles. The zero-order chi connectivity index (χ0) is 25.7. The maximum absolute atomic E-state index is 13.8. The lowest BCUT2D eigenvalue weighted by atomic mass is 9.82. The monoisotopic (exact) mass is 474 g/mol. The second kappa shape index (κ2) is 8.80. The third-order valence-electron chi connectivity index (χ3n) is 7.74. The van der Waals surface area contributed by atoms with Crippen molar-refractivity contribution in [2.24, 2.45) is 0 Å². The second-order valence-electron chi connectivity index (χ2n) is 9.72. The second-order valence-corrected chi connectivity index (χ2v) is 9.72. The minimum absolute atomic E-state index is 0.131. The Morgan fingerprint density at radius 1 is 0.472 bits per heavy atom. The van der Waals surface area contributed by atoms with E-state index in [-0.39, 0.29) is 11.6 Å². The molecule has 0 bridgehead atoms. The van der Waals surface area contributed by atoms with Gasteiger partial charge in [0.2, 0.25) is 0 Å². The van der Waals surface area contributed by atoms with Crippen LogP contribution >= 0.6 is 0 Å². The molecular weight excluding hydrogens is 444 g/mol. The molecule has 0 amide bonds. The summed E-state index contributed by atoms with van der Waals surface area (Å²) in [5.74, 6) is -0.279. The van der Waals surface area contributed by atoms with Crippen LogP contribution in [0.5, 0.6) is 0 Å². The van der Waals surface area contributed by atoms with Gasteiger partial charge in [0, 0.05) is 28.1 Å². The minimum atomic E-state index is -0.148. The maximum Gasteiger partial charge on any atom is 0.196 e. The molecule has 0 aromatic heterocycles. The number of carbonyl (C=O) groups excluding carboxylic acids is 2. The van der Waals surface area contributed by atoms with Gasteiger partial charge in [0.25, 0.3) is 0 Å². The predicted octanol–water partition coefficient (Wildman–Crippen LogP) is 7.80. The lowest BCUT2D eigenvalue weighted by molar-refractivity contribution is 0.0980. The summed E-state index contributed by atoms with van der Waals surface area (Å²) in [5, 5.41) is 7.11. The van der Waals surface area contributed by atoms with Crippen molar-refractivity contribution < 1.29 is 9.59 Å². The summed E-state index contributed by atoms with van der Waals surface area (Å²) < 4.78 is 0. The zero-order valence-corrected chi connectivity index (χ0v) is 21.6. The van der Waals surface area contributed by atoms with Crippen LogP contribution in [0, 0.1) is 41.5 Å². The van der Waals surface area contributed by atoms with E-state index in [4.69, 9.17) is 0 Å². The van der Waals surface area contributed by atoms with Gasteiger partial charge in [0.1, 0.15) is 0 Å². The van der Waals surface area contributed by atoms with Crippen molar-refractivity contribution in [3.05, 3.63) is 116 Å². The fourth-order valence-corrected chi connectivity index (χ4v) is 4.88. The van der Waals surface area contributed by atoms with Crippen LogP contribution in [-0.4, -0.2) is 11.6 Å². The molecule has 0 radical (unpaired) electrons. The summed E-state index contributed by atoms with van der Waals surface area (Å²) in [7, 11) is 0. The number of anilines is 4. The molecule has 0 saturated carbocycles. The SMILES string of the molecule is Cc1ccc(Nc2ccc3c(c2Nc2ccc(C)c(C)c2C)C(=O)c2ccccc2C3=O)c(C)c1C. The highest BCUT2D eigenvalue weighted by molar-refractivity contribution is 6.31. The van der Waals surface area contributed by atoms with Gasteiger partial charge in [-0.15, -0.1) is 0 Å². The molecule has 4 aromatic rings. The lowest BCUT2D eigenvalue weighted by Crippen LogP contribution is -2.22. The van der Waals surface area contributed by atoms with E-state index in [1.54, 1.807) is 30.3 Å². The van der Waals surface area contributed by atoms with E-state index in [2.05, 4.69) is 70.4 Å². The van der Waals surface area contributed by atoms with Gasteiger partial charge in [0.05, 0.1) is 16.9 Å². The van der Waals surface area contributed by atoms with Gasteiger partial charge in [-0.2, -0.15) is 0 Å². The van der Waals surface area contributed by atoms with Crippen LogP contribution in [0.25, 0.3) is 0 Å². The first kappa shape index (κ1) is 23.6. The first-order chi connectivity index (χ1) is 17.2. The predicted molar refractivity (Wildman–Crippen MR) is 148 cm³/mol. The van der Waals surface area contributed by atoms with E-state index in [9.17, 15) is 9.59 Å². The molecule has 1 aliphatic rings. The zero-order valence-electron chi connectivity index (χ0n) is 21.6. The quantitative estimate of drug-likeness (QED) is 0.279. The maximum atomic E-state index is 13.8. The average molecular weight is 475 g/mol. The Hall–Kier alpha value is -4.18. The Morgan fingerprint density at radius 3 is 1.56 bits per heavy atom. The molecule has 180 valence electrons. The van der Waals surface area contributed by atoms with E-state index in [1.807, 2.05) is 12.1 Å². The first-order valence-corrected chi connectivity index (χ1v) is 12.2. The molecule has 36 heavy (non-hydrogen) atoms. The van der Waals surface area contributed by atoms with Gasteiger partial charge < -0.3 is 10.6 Å². The minimum Gasteiger partial charge on any atom is -0.354 e. The smallest absolute Gasteiger partial charge is 0.196 e. The number of rotatable bonds is 4. The lowest BCUT2D eigenvalue weighted by Gasteiger charge is -2.25. The molecule has 0 atom stereocenters. The highest BCUT2D eigenvalue weighted by atomic mass is 16.1. The van der Waals surface area contributed by atoms with Crippen molar-refractivity contribution >= 4 is 34.3 Å². The largest absolute Gasteiger partial charge is 0.354 e. The molecule has 4 heteroatoms. The van der Waals surface area contributed by atoms with Crippen LogP contribution in [0.2, 0.25) is 0 Å². The van der Waals surface area contributed by atoms with Gasteiger partial charge in [-0.1, -0.05) is 36.4 Å². The molecule has 4 nitrogen and oxygen atoms in total. The number of carbonyl (C=O) groups is 2. The molecule has 4 aromatic carbocycles. The number of nitrogens with one attached hydrogen (secondary N) is 2.